The van der Waals surface area contributed by atoms with E-state index >= 15 is 0 Å². The van der Waals surface area contributed by atoms with E-state index in [1.807, 2.05) is 0 Å². The highest BCUT2D eigenvalue weighted by atomic mass is 35.5. The van der Waals surface area contributed by atoms with Gasteiger partial charge in [0.1, 0.15) is 5.75 Å². The van der Waals surface area contributed by atoms with Crippen LogP contribution in [0.3, 0.4) is 0 Å². The molecule has 1 aliphatic rings. The van der Waals surface area contributed by atoms with E-state index in [4.69, 9.17) is 16.3 Å². The van der Waals surface area contributed by atoms with Gasteiger partial charge in [-0.25, -0.2) is 8.42 Å². The van der Waals surface area contributed by atoms with Gasteiger partial charge in [0.05, 0.1) is 12.0 Å². The minimum atomic E-state index is -3.45. The first-order valence-corrected chi connectivity index (χ1v) is 8.11. The highest BCUT2D eigenvalue weighted by Gasteiger charge is 2.32. The van der Waals surface area contributed by atoms with Crippen molar-refractivity contribution in [2.45, 2.75) is 23.6 Å². The van der Waals surface area contributed by atoms with Crippen LogP contribution in [0.4, 0.5) is 0 Å². The van der Waals surface area contributed by atoms with Crippen LogP contribution in [0.15, 0.2) is 29.2 Å². The van der Waals surface area contributed by atoms with Gasteiger partial charge in [0.2, 0.25) is 10.0 Å². The molecule has 106 valence electrons. The Morgan fingerprint density at radius 3 is 2.47 bits per heavy atom. The molecule has 0 radical (unpaired) electrons. The van der Waals surface area contributed by atoms with E-state index in [9.17, 15) is 8.42 Å². The van der Waals surface area contributed by atoms with Crippen LogP contribution in [-0.4, -0.2) is 38.3 Å². The van der Waals surface area contributed by atoms with Crippen molar-refractivity contribution in [2.75, 3.05) is 20.2 Å². The second-order valence-electron chi connectivity index (χ2n) is 4.82. The molecule has 0 aliphatic carbocycles. The van der Waals surface area contributed by atoms with Gasteiger partial charge < -0.3 is 4.74 Å². The third-order valence-electron chi connectivity index (χ3n) is 3.53. The highest BCUT2D eigenvalue weighted by molar-refractivity contribution is 7.89. The Kier molecular flexibility index (Phi) is 4.38. The van der Waals surface area contributed by atoms with E-state index in [1.54, 1.807) is 31.4 Å². The molecule has 4 nitrogen and oxygen atoms in total. The van der Waals surface area contributed by atoms with E-state index < -0.39 is 10.0 Å². The Labute approximate surface area is 119 Å². The van der Waals surface area contributed by atoms with Crippen molar-refractivity contribution in [1.82, 2.24) is 4.31 Å². The van der Waals surface area contributed by atoms with E-state index in [0.29, 0.717) is 24.8 Å². The molecule has 0 bridgehead atoms. The molecule has 2 rings (SSSR count). The van der Waals surface area contributed by atoms with Crippen LogP contribution >= 0.6 is 11.6 Å². The summed E-state index contributed by atoms with van der Waals surface area (Å²) in [5.74, 6) is 0.991. The summed E-state index contributed by atoms with van der Waals surface area (Å²) in [5, 5.41) is -0.123. The van der Waals surface area contributed by atoms with Gasteiger partial charge in [-0.05, 0) is 36.6 Å². The van der Waals surface area contributed by atoms with Gasteiger partial charge in [-0.3, -0.25) is 0 Å². The average molecular weight is 304 g/mol. The van der Waals surface area contributed by atoms with Crippen molar-refractivity contribution < 1.29 is 13.2 Å². The van der Waals surface area contributed by atoms with Crippen LogP contribution < -0.4 is 4.74 Å². The summed E-state index contributed by atoms with van der Waals surface area (Å²) in [6.45, 7) is 2.95. The maximum atomic E-state index is 12.5. The lowest BCUT2D eigenvalue weighted by Gasteiger charge is -2.33. The summed E-state index contributed by atoms with van der Waals surface area (Å²) >= 11 is 6.18. The monoisotopic (exact) mass is 303 g/mol. The highest BCUT2D eigenvalue weighted by Crippen LogP contribution is 2.27. The molecule has 0 amide bonds. The Balaban J connectivity index is 2.21. The zero-order valence-corrected chi connectivity index (χ0v) is 12.6. The lowest BCUT2D eigenvalue weighted by atomic mass is 10.0. The van der Waals surface area contributed by atoms with Crippen LogP contribution in [0.2, 0.25) is 0 Å². The molecule has 0 saturated carbocycles. The number of piperidine rings is 1. The van der Waals surface area contributed by atoms with Crippen LogP contribution in [0.5, 0.6) is 5.75 Å². The Hall–Kier alpha value is -0.780. The van der Waals surface area contributed by atoms with Crippen LogP contribution in [0.1, 0.15) is 13.3 Å². The second-order valence-corrected chi connectivity index (χ2v) is 7.32. The molecule has 1 heterocycles. The summed E-state index contributed by atoms with van der Waals surface area (Å²) in [5.41, 5.74) is 0. The second kappa shape index (κ2) is 5.69. The van der Waals surface area contributed by atoms with Crippen molar-refractivity contribution >= 4 is 21.6 Å². The van der Waals surface area contributed by atoms with Gasteiger partial charge in [-0.15, -0.1) is 11.6 Å². The predicted molar refractivity (Wildman–Crippen MR) is 75.2 cm³/mol. The molecule has 0 aromatic heterocycles. The third kappa shape index (κ3) is 3.04. The van der Waals surface area contributed by atoms with Gasteiger partial charge in [0.15, 0.2) is 0 Å². The fourth-order valence-electron chi connectivity index (χ4n) is 2.11. The average Bonchev–Trinajstić information content (AvgIpc) is 2.41. The number of hydrogen-bond acceptors (Lipinski definition) is 3. The van der Waals surface area contributed by atoms with E-state index in [0.717, 1.165) is 6.42 Å². The maximum Gasteiger partial charge on any atom is 0.243 e. The maximum absolute atomic E-state index is 12.5. The predicted octanol–water partition coefficient (Wildman–Crippen LogP) is 2.33. The minimum absolute atomic E-state index is 0.123. The van der Waals surface area contributed by atoms with Gasteiger partial charge in [-0.1, -0.05) is 6.92 Å². The number of methoxy groups -OCH3 is 1. The van der Waals surface area contributed by atoms with Crippen molar-refractivity contribution in [3.63, 3.8) is 0 Å². The topological polar surface area (TPSA) is 46.6 Å². The first-order chi connectivity index (χ1) is 8.95. The van der Waals surface area contributed by atoms with E-state index in [1.165, 1.54) is 4.31 Å². The molecule has 1 aromatic carbocycles. The van der Waals surface area contributed by atoms with Crippen molar-refractivity contribution in [3.05, 3.63) is 24.3 Å². The molecule has 1 saturated heterocycles. The van der Waals surface area contributed by atoms with Gasteiger partial charge in [0, 0.05) is 18.5 Å². The molecular formula is C13H18ClNO3S. The van der Waals surface area contributed by atoms with Crippen LogP contribution in [-0.2, 0) is 10.0 Å². The summed E-state index contributed by atoms with van der Waals surface area (Å²) in [6.07, 6.45) is 0.795. The van der Waals surface area contributed by atoms with Crippen molar-refractivity contribution in [3.8, 4) is 5.75 Å². The first-order valence-electron chi connectivity index (χ1n) is 6.23. The fraction of sp³-hybridized carbons (Fsp3) is 0.538. The Bertz CT molecular complexity index is 529. The van der Waals surface area contributed by atoms with Crippen molar-refractivity contribution in [2.24, 2.45) is 5.92 Å². The number of hydrogen-bond donors (Lipinski definition) is 0. The molecule has 1 fully saturated rings. The summed E-state index contributed by atoms with van der Waals surface area (Å²) in [4.78, 5) is 0.284. The summed E-state index contributed by atoms with van der Waals surface area (Å²) in [7, 11) is -1.90. The normalized spacial score (nSPS) is 25.2. The number of halogens is 1. The number of ether oxygens (including phenoxy) is 1. The minimum Gasteiger partial charge on any atom is -0.497 e. The van der Waals surface area contributed by atoms with Gasteiger partial charge in [0.25, 0.3) is 0 Å². The quantitative estimate of drug-likeness (QED) is 0.805. The number of sulfonamides is 1. The Morgan fingerprint density at radius 1 is 1.32 bits per heavy atom. The zero-order valence-electron chi connectivity index (χ0n) is 11.0. The number of benzene rings is 1. The molecule has 1 aromatic rings. The molecule has 0 spiro atoms. The zero-order chi connectivity index (χ0) is 14.0. The van der Waals surface area contributed by atoms with Crippen molar-refractivity contribution in [1.29, 1.82) is 0 Å². The lowest BCUT2D eigenvalue weighted by Crippen LogP contribution is -2.43. The lowest BCUT2D eigenvalue weighted by molar-refractivity contribution is 0.293. The van der Waals surface area contributed by atoms with E-state index in [2.05, 4.69) is 6.92 Å². The molecular weight excluding hydrogens is 286 g/mol. The largest absolute Gasteiger partial charge is 0.497 e. The molecule has 19 heavy (non-hydrogen) atoms. The third-order valence-corrected chi connectivity index (χ3v) is 5.97. The smallest absolute Gasteiger partial charge is 0.243 e. The molecule has 2 unspecified atom stereocenters. The van der Waals surface area contributed by atoms with Gasteiger partial charge in [-0.2, -0.15) is 4.31 Å². The molecule has 1 aliphatic heterocycles. The summed E-state index contributed by atoms with van der Waals surface area (Å²) < 4.78 is 31.4. The molecule has 6 heteroatoms. The number of rotatable bonds is 3. The molecule has 0 N–H and O–H groups in total. The standard InChI is InChI=1S/C13H18ClNO3S/c1-10-7-8-15(9-13(10)14)19(16,17)12-5-3-11(18-2)4-6-12/h3-6,10,13H,7-9H2,1-2H3. The molecule has 2 atom stereocenters. The SMILES string of the molecule is COc1ccc(S(=O)(=O)N2CCC(C)C(Cl)C2)cc1. The number of alkyl halides is 1. The van der Waals surface area contributed by atoms with E-state index in [-0.39, 0.29) is 10.3 Å². The van der Waals surface area contributed by atoms with Crippen LogP contribution in [0, 0.1) is 5.92 Å². The fourth-order valence-corrected chi connectivity index (χ4v) is 3.96. The van der Waals surface area contributed by atoms with Crippen LogP contribution in [0.25, 0.3) is 0 Å². The first kappa shape index (κ1) is 14.6. The summed E-state index contributed by atoms with van der Waals surface area (Å²) in [6, 6.07) is 6.43. The Morgan fingerprint density at radius 2 is 1.95 bits per heavy atom. The van der Waals surface area contributed by atoms with Gasteiger partial charge >= 0.3 is 0 Å². The number of nitrogens with zero attached hydrogens (tertiary/aromatic N) is 1.